The van der Waals surface area contributed by atoms with Crippen molar-refractivity contribution in [2.45, 2.75) is 0 Å². The zero-order valence-corrected chi connectivity index (χ0v) is 13.3. The van der Waals surface area contributed by atoms with E-state index in [9.17, 15) is 19.2 Å². The maximum absolute atomic E-state index is 12.4. The minimum Gasteiger partial charge on any atom is -0.355 e. The summed E-state index contributed by atoms with van der Waals surface area (Å²) < 4.78 is 0. The molecule has 2 amide bonds. The normalized spacial score (nSPS) is 9.92. The highest BCUT2D eigenvalue weighted by Gasteiger charge is 2.20. The lowest BCUT2D eigenvalue weighted by atomic mass is 9.98. The molecule has 0 saturated heterocycles. The molecule has 2 aromatic rings. The van der Waals surface area contributed by atoms with Crippen molar-refractivity contribution in [2.24, 2.45) is 0 Å². The van der Waals surface area contributed by atoms with Crippen molar-refractivity contribution in [2.75, 3.05) is 14.1 Å². The number of ketones is 2. The highest BCUT2D eigenvalue weighted by molar-refractivity contribution is 6.49. The molecule has 122 valence electrons. The fourth-order valence-electron chi connectivity index (χ4n) is 2.15. The van der Waals surface area contributed by atoms with E-state index >= 15 is 0 Å². The number of hydrogen-bond acceptors (Lipinski definition) is 4. The standard InChI is InChI=1S/C18H16N2O4/c1-19-17(23)13-7-3-5-11(9-13)15(21)16(22)12-6-4-8-14(10-12)18(24)20-2/h3-10H,1-2H3,(H,19,23)(H,20,24). The molecule has 2 rings (SSSR count). The van der Waals surface area contributed by atoms with E-state index in [1.807, 2.05) is 0 Å². The Balaban J connectivity index is 2.32. The number of carbonyl (C=O) groups excluding carboxylic acids is 4. The van der Waals surface area contributed by atoms with Crippen LogP contribution in [0.4, 0.5) is 0 Å². The first-order chi connectivity index (χ1) is 11.5. The molecule has 0 unspecified atom stereocenters. The Kier molecular flexibility index (Phi) is 5.21. The summed E-state index contributed by atoms with van der Waals surface area (Å²) in [6, 6.07) is 11.8. The first-order valence-electron chi connectivity index (χ1n) is 7.21. The van der Waals surface area contributed by atoms with Gasteiger partial charge in [0.2, 0.25) is 11.6 Å². The molecule has 0 saturated carbocycles. The molecule has 0 fully saturated rings. The summed E-state index contributed by atoms with van der Waals surface area (Å²) in [6.07, 6.45) is 0. The van der Waals surface area contributed by atoms with E-state index in [0.717, 1.165) is 0 Å². The molecule has 24 heavy (non-hydrogen) atoms. The maximum Gasteiger partial charge on any atom is 0.251 e. The van der Waals surface area contributed by atoms with Gasteiger partial charge >= 0.3 is 0 Å². The number of carbonyl (C=O) groups is 4. The number of Topliss-reactive ketones (excluding diaryl/α,β-unsaturated/α-hetero) is 2. The molecule has 6 heteroatoms. The Morgan fingerprint density at radius 2 is 0.958 bits per heavy atom. The predicted octanol–water partition coefficient (Wildman–Crippen LogP) is 1.47. The molecule has 0 radical (unpaired) electrons. The van der Waals surface area contributed by atoms with Crippen LogP contribution in [0.3, 0.4) is 0 Å². The lowest BCUT2D eigenvalue weighted by molar-refractivity contribution is 0.0816. The Labute approximate surface area is 138 Å². The van der Waals surface area contributed by atoms with Gasteiger partial charge in [0.25, 0.3) is 11.8 Å². The first-order valence-corrected chi connectivity index (χ1v) is 7.21. The molecule has 0 aromatic heterocycles. The van der Waals surface area contributed by atoms with Gasteiger partial charge in [0, 0.05) is 36.3 Å². The number of amides is 2. The van der Waals surface area contributed by atoms with E-state index in [4.69, 9.17) is 0 Å². The predicted molar refractivity (Wildman–Crippen MR) is 88.3 cm³/mol. The minimum absolute atomic E-state index is 0.117. The number of rotatable bonds is 5. The van der Waals surface area contributed by atoms with E-state index in [1.165, 1.54) is 50.5 Å². The quantitative estimate of drug-likeness (QED) is 0.643. The summed E-state index contributed by atoms with van der Waals surface area (Å²) >= 11 is 0. The second-order valence-electron chi connectivity index (χ2n) is 4.98. The molecule has 2 N–H and O–H groups in total. The van der Waals surface area contributed by atoms with Crippen LogP contribution in [0.15, 0.2) is 48.5 Å². The van der Waals surface area contributed by atoms with Crippen LogP contribution in [0.2, 0.25) is 0 Å². The van der Waals surface area contributed by atoms with Gasteiger partial charge in [-0.15, -0.1) is 0 Å². The monoisotopic (exact) mass is 324 g/mol. The van der Waals surface area contributed by atoms with Crippen molar-refractivity contribution in [3.05, 3.63) is 70.8 Å². The van der Waals surface area contributed by atoms with Crippen molar-refractivity contribution in [3.8, 4) is 0 Å². The lowest BCUT2D eigenvalue weighted by Gasteiger charge is -2.05. The van der Waals surface area contributed by atoms with Gasteiger partial charge in [-0.25, -0.2) is 0 Å². The maximum atomic E-state index is 12.4. The van der Waals surface area contributed by atoms with Crippen LogP contribution in [0, 0.1) is 0 Å². The second kappa shape index (κ2) is 7.32. The van der Waals surface area contributed by atoms with Gasteiger partial charge in [-0.05, 0) is 24.3 Å². The molecule has 0 aliphatic heterocycles. The van der Waals surface area contributed by atoms with Gasteiger partial charge in [0.1, 0.15) is 0 Å². The molecule has 0 aliphatic carbocycles. The Morgan fingerprint density at radius 3 is 1.29 bits per heavy atom. The fourth-order valence-corrected chi connectivity index (χ4v) is 2.15. The van der Waals surface area contributed by atoms with E-state index in [-0.39, 0.29) is 34.1 Å². The average Bonchev–Trinajstić information content (AvgIpc) is 2.65. The van der Waals surface area contributed by atoms with E-state index < -0.39 is 11.6 Å². The Bertz CT molecular complexity index is 758. The Hall–Kier alpha value is -3.28. The zero-order valence-electron chi connectivity index (χ0n) is 13.3. The molecular formula is C18H16N2O4. The van der Waals surface area contributed by atoms with Gasteiger partial charge in [-0.2, -0.15) is 0 Å². The summed E-state index contributed by atoms with van der Waals surface area (Å²) in [5.41, 5.74) is 0.809. The first kappa shape index (κ1) is 17.1. The van der Waals surface area contributed by atoms with Gasteiger partial charge in [0.05, 0.1) is 0 Å². The molecule has 0 spiro atoms. The van der Waals surface area contributed by atoms with Crippen molar-refractivity contribution in [1.82, 2.24) is 10.6 Å². The highest BCUT2D eigenvalue weighted by atomic mass is 16.2. The van der Waals surface area contributed by atoms with Gasteiger partial charge in [-0.1, -0.05) is 24.3 Å². The number of benzene rings is 2. The smallest absolute Gasteiger partial charge is 0.251 e. The van der Waals surface area contributed by atoms with Crippen LogP contribution < -0.4 is 10.6 Å². The SMILES string of the molecule is CNC(=O)c1cccc(C(=O)C(=O)c2cccc(C(=O)NC)c2)c1. The van der Waals surface area contributed by atoms with Crippen LogP contribution in [-0.4, -0.2) is 37.5 Å². The molecule has 6 nitrogen and oxygen atoms in total. The third-order valence-corrected chi connectivity index (χ3v) is 3.43. The van der Waals surface area contributed by atoms with Crippen LogP contribution in [0.25, 0.3) is 0 Å². The van der Waals surface area contributed by atoms with Crippen molar-refractivity contribution in [3.63, 3.8) is 0 Å². The lowest BCUT2D eigenvalue weighted by Crippen LogP contribution is -2.20. The molecule has 0 aliphatic rings. The van der Waals surface area contributed by atoms with Crippen molar-refractivity contribution < 1.29 is 19.2 Å². The summed E-state index contributed by atoms with van der Waals surface area (Å²) in [6.45, 7) is 0. The van der Waals surface area contributed by atoms with Crippen LogP contribution >= 0.6 is 0 Å². The summed E-state index contributed by atoms with van der Waals surface area (Å²) in [4.78, 5) is 48.0. The van der Waals surface area contributed by atoms with Gasteiger partial charge < -0.3 is 10.6 Å². The van der Waals surface area contributed by atoms with E-state index in [2.05, 4.69) is 10.6 Å². The molecular weight excluding hydrogens is 308 g/mol. The van der Waals surface area contributed by atoms with Crippen LogP contribution in [0.1, 0.15) is 41.4 Å². The van der Waals surface area contributed by atoms with E-state index in [1.54, 1.807) is 12.1 Å². The van der Waals surface area contributed by atoms with Gasteiger partial charge in [0.15, 0.2) is 0 Å². The van der Waals surface area contributed by atoms with Crippen LogP contribution in [-0.2, 0) is 0 Å². The second-order valence-corrected chi connectivity index (χ2v) is 4.98. The third-order valence-electron chi connectivity index (χ3n) is 3.43. The third kappa shape index (κ3) is 3.55. The topological polar surface area (TPSA) is 92.3 Å². The zero-order chi connectivity index (χ0) is 17.7. The largest absolute Gasteiger partial charge is 0.355 e. The number of nitrogens with one attached hydrogen (secondary N) is 2. The van der Waals surface area contributed by atoms with Crippen LogP contribution in [0.5, 0.6) is 0 Å². The molecule has 0 atom stereocenters. The van der Waals surface area contributed by atoms with E-state index in [0.29, 0.717) is 0 Å². The molecule has 0 heterocycles. The fraction of sp³-hybridized carbons (Fsp3) is 0.111. The highest BCUT2D eigenvalue weighted by Crippen LogP contribution is 2.12. The summed E-state index contributed by atoms with van der Waals surface area (Å²) in [7, 11) is 2.96. The van der Waals surface area contributed by atoms with Gasteiger partial charge in [-0.3, -0.25) is 19.2 Å². The average molecular weight is 324 g/mol. The van der Waals surface area contributed by atoms with Crippen molar-refractivity contribution >= 4 is 23.4 Å². The summed E-state index contributed by atoms with van der Waals surface area (Å²) in [5.74, 6) is -2.18. The minimum atomic E-state index is -0.741. The molecule has 2 aromatic carbocycles. The number of hydrogen-bond donors (Lipinski definition) is 2. The Morgan fingerprint density at radius 1 is 0.625 bits per heavy atom. The van der Waals surface area contributed by atoms with Crippen molar-refractivity contribution in [1.29, 1.82) is 0 Å². The summed E-state index contributed by atoms with van der Waals surface area (Å²) in [5, 5.41) is 4.91. The molecule has 0 bridgehead atoms.